The molecule has 6 heteroatoms. The number of aryl methyl sites for hydroxylation is 1. The Bertz CT molecular complexity index is 836. The van der Waals surface area contributed by atoms with E-state index in [9.17, 15) is 4.39 Å². The summed E-state index contributed by atoms with van der Waals surface area (Å²) >= 11 is 0. The van der Waals surface area contributed by atoms with E-state index < -0.39 is 0 Å². The average molecular weight is 311 g/mol. The summed E-state index contributed by atoms with van der Waals surface area (Å²) in [4.78, 5) is 10.7. The van der Waals surface area contributed by atoms with Gasteiger partial charge in [0.15, 0.2) is 0 Å². The highest BCUT2D eigenvalue weighted by Gasteiger charge is 2.24. The first-order chi connectivity index (χ1) is 11.2. The maximum Gasteiger partial charge on any atom is 0.149 e. The molecule has 0 atom stereocenters. The highest BCUT2D eigenvalue weighted by atomic mass is 19.1. The summed E-state index contributed by atoms with van der Waals surface area (Å²) in [5.74, 6) is 1.05. The van der Waals surface area contributed by atoms with Gasteiger partial charge in [-0.25, -0.2) is 14.4 Å². The Morgan fingerprint density at radius 2 is 1.96 bits per heavy atom. The maximum atomic E-state index is 13.9. The SMILES string of the molecule is Cn1nccc1C1CCN(c2ncnc3c(F)cccc23)CC1. The van der Waals surface area contributed by atoms with Gasteiger partial charge < -0.3 is 4.90 Å². The van der Waals surface area contributed by atoms with E-state index in [1.165, 1.54) is 18.1 Å². The second-order valence-electron chi connectivity index (χ2n) is 5.97. The van der Waals surface area contributed by atoms with Crippen LogP contribution in [0.5, 0.6) is 0 Å². The molecular weight excluding hydrogens is 293 g/mol. The number of hydrogen-bond donors (Lipinski definition) is 0. The molecule has 1 aliphatic heterocycles. The maximum absolute atomic E-state index is 13.9. The Labute approximate surface area is 133 Å². The third kappa shape index (κ3) is 2.44. The molecule has 2 aromatic heterocycles. The molecule has 1 aliphatic rings. The van der Waals surface area contributed by atoms with Crippen molar-refractivity contribution < 1.29 is 4.39 Å². The molecule has 3 heterocycles. The molecule has 0 unspecified atom stereocenters. The van der Waals surface area contributed by atoms with Crippen LogP contribution in [0.1, 0.15) is 24.5 Å². The molecule has 1 aromatic carbocycles. The number of aromatic nitrogens is 4. The molecule has 4 rings (SSSR count). The van der Waals surface area contributed by atoms with Crippen molar-refractivity contribution in [3.63, 3.8) is 0 Å². The van der Waals surface area contributed by atoms with E-state index in [1.807, 2.05) is 24.0 Å². The highest BCUT2D eigenvalue weighted by molar-refractivity contribution is 5.89. The van der Waals surface area contributed by atoms with E-state index in [0.29, 0.717) is 11.4 Å². The first-order valence-electron chi connectivity index (χ1n) is 7.86. The lowest BCUT2D eigenvalue weighted by Gasteiger charge is -2.33. The van der Waals surface area contributed by atoms with E-state index in [2.05, 4.69) is 26.0 Å². The van der Waals surface area contributed by atoms with E-state index in [-0.39, 0.29) is 5.82 Å². The first kappa shape index (κ1) is 14.1. The zero-order chi connectivity index (χ0) is 15.8. The van der Waals surface area contributed by atoms with Crippen LogP contribution in [0, 0.1) is 5.82 Å². The largest absolute Gasteiger partial charge is 0.356 e. The van der Waals surface area contributed by atoms with Gasteiger partial charge in [-0.05, 0) is 31.0 Å². The number of hydrogen-bond acceptors (Lipinski definition) is 4. The molecule has 3 aromatic rings. The highest BCUT2D eigenvalue weighted by Crippen LogP contribution is 2.32. The normalized spacial score (nSPS) is 16.2. The number of anilines is 1. The fourth-order valence-corrected chi connectivity index (χ4v) is 3.46. The second-order valence-corrected chi connectivity index (χ2v) is 5.97. The molecule has 0 aliphatic carbocycles. The summed E-state index contributed by atoms with van der Waals surface area (Å²) in [6.45, 7) is 1.80. The number of fused-ring (bicyclic) bond motifs is 1. The summed E-state index contributed by atoms with van der Waals surface area (Å²) in [6, 6.07) is 7.14. The van der Waals surface area contributed by atoms with Gasteiger partial charge in [0.2, 0.25) is 0 Å². The first-order valence-corrected chi connectivity index (χ1v) is 7.86. The van der Waals surface area contributed by atoms with Crippen LogP contribution in [0.25, 0.3) is 10.9 Å². The van der Waals surface area contributed by atoms with E-state index >= 15 is 0 Å². The molecule has 23 heavy (non-hydrogen) atoms. The molecule has 118 valence electrons. The van der Waals surface area contributed by atoms with Gasteiger partial charge in [-0.15, -0.1) is 0 Å². The predicted octanol–water partition coefficient (Wildman–Crippen LogP) is 2.89. The zero-order valence-corrected chi connectivity index (χ0v) is 13.0. The fraction of sp³-hybridized carbons (Fsp3) is 0.353. The van der Waals surface area contributed by atoms with Crippen molar-refractivity contribution in [1.82, 2.24) is 19.7 Å². The third-order valence-electron chi connectivity index (χ3n) is 4.67. The average Bonchev–Trinajstić information content (AvgIpc) is 3.01. The monoisotopic (exact) mass is 311 g/mol. The minimum atomic E-state index is -0.295. The standard InChI is InChI=1S/C17H18FN5/c1-22-15(5-8-21-22)12-6-9-23(10-7-12)17-13-3-2-4-14(18)16(13)19-11-20-17/h2-5,8,11-12H,6-7,9-10H2,1H3. The van der Waals surface area contributed by atoms with Crippen LogP contribution in [0.4, 0.5) is 10.2 Å². The molecule has 0 radical (unpaired) electrons. The molecule has 1 fully saturated rings. The van der Waals surface area contributed by atoms with Crippen molar-refractivity contribution >= 4 is 16.7 Å². The van der Waals surface area contributed by atoms with Crippen LogP contribution < -0.4 is 4.90 Å². The van der Waals surface area contributed by atoms with Crippen molar-refractivity contribution in [2.45, 2.75) is 18.8 Å². The number of benzene rings is 1. The summed E-state index contributed by atoms with van der Waals surface area (Å²) in [7, 11) is 1.99. The van der Waals surface area contributed by atoms with E-state index in [1.54, 1.807) is 6.07 Å². The van der Waals surface area contributed by atoms with Gasteiger partial charge in [0.25, 0.3) is 0 Å². The van der Waals surface area contributed by atoms with Crippen molar-refractivity contribution in [2.24, 2.45) is 7.05 Å². The Morgan fingerprint density at radius 3 is 2.70 bits per heavy atom. The van der Waals surface area contributed by atoms with Crippen LogP contribution in [-0.4, -0.2) is 32.8 Å². The van der Waals surface area contributed by atoms with Crippen molar-refractivity contribution in [3.8, 4) is 0 Å². The Balaban J connectivity index is 1.60. The Hall–Kier alpha value is -2.50. The van der Waals surface area contributed by atoms with Gasteiger partial charge in [-0.3, -0.25) is 4.68 Å². The fourth-order valence-electron chi connectivity index (χ4n) is 3.46. The molecule has 0 spiro atoms. The molecule has 0 bridgehead atoms. The van der Waals surface area contributed by atoms with Gasteiger partial charge in [0, 0.05) is 43.3 Å². The number of para-hydroxylation sites is 1. The topological polar surface area (TPSA) is 46.8 Å². The van der Waals surface area contributed by atoms with Crippen LogP contribution in [0.2, 0.25) is 0 Å². The van der Waals surface area contributed by atoms with Gasteiger partial charge in [-0.1, -0.05) is 6.07 Å². The van der Waals surface area contributed by atoms with Crippen LogP contribution in [0.3, 0.4) is 0 Å². The molecule has 5 nitrogen and oxygen atoms in total. The Kier molecular flexibility index (Phi) is 3.44. The smallest absolute Gasteiger partial charge is 0.149 e. The minimum Gasteiger partial charge on any atom is -0.356 e. The van der Waals surface area contributed by atoms with Crippen molar-refractivity contribution in [3.05, 3.63) is 48.3 Å². The lowest BCUT2D eigenvalue weighted by atomic mass is 9.93. The van der Waals surface area contributed by atoms with Crippen molar-refractivity contribution in [2.75, 3.05) is 18.0 Å². The lowest BCUT2D eigenvalue weighted by molar-refractivity contribution is 0.476. The molecule has 0 amide bonds. The molecular formula is C17H18FN5. The number of nitrogens with zero attached hydrogens (tertiary/aromatic N) is 5. The molecule has 0 saturated carbocycles. The molecule has 1 saturated heterocycles. The zero-order valence-electron chi connectivity index (χ0n) is 13.0. The minimum absolute atomic E-state index is 0.295. The Morgan fingerprint density at radius 1 is 1.13 bits per heavy atom. The number of halogens is 1. The molecule has 0 N–H and O–H groups in total. The third-order valence-corrected chi connectivity index (χ3v) is 4.67. The summed E-state index contributed by atoms with van der Waals surface area (Å²) in [5, 5.41) is 5.04. The van der Waals surface area contributed by atoms with Gasteiger partial charge in [-0.2, -0.15) is 5.10 Å². The summed E-state index contributed by atoms with van der Waals surface area (Å²) in [6.07, 6.45) is 5.39. The quantitative estimate of drug-likeness (QED) is 0.730. The van der Waals surface area contributed by atoms with E-state index in [4.69, 9.17) is 0 Å². The summed E-state index contributed by atoms with van der Waals surface area (Å²) < 4.78 is 15.9. The predicted molar refractivity (Wildman–Crippen MR) is 86.9 cm³/mol. The second kappa shape index (κ2) is 5.61. The van der Waals surface area contributed by atoms with Gasteiger partial charge in [0.1, 0.15) is 23.5 Å². The van der Waals surface area contributed by atoms with Crippen LogP contribution in [0.15, 0.2) is 36.8 Å². The van der Waals surface area contributed by atoms with Crippen molar-refractivity contribution in [1.29, 1.82) is 0 Å². The van der Waals surface area contributed by atoms with E-state index in [0.717, 1.165) is 37.1 Å². The van der Waals surface area contributed by atoms with Gasteiger partial charge >= 0.3 is 0 Å². The number of piperidine rings is 1. The van der Waals surface area contributed by atoms with Crippen LogP contribution >= 0.6 is 0 Å². The number of rotatable bonds is 2. The van der Waals surface area contributed by atoms with Crippen LogP contribution in [-0.2, 0) is 7.05 Å². The summed E-state index contributed by atoms with van der Waals surface area (Å²) in [5.41, 5.74) is 1.68. The lowest BCUT2D eigenvalue weighted by Crippen LogP contribution is -2.34. The van der Waals surface area contributed by atoms with Gasteiger partial charge in [0.05, 0.1) is 0 Å².